The lowest BCUT2D eigenvalue weighted by Crippen LogP contribution is -2.54. The third-order valence-corrected chi connectivity index (χ3v) is 4.03. The second-order valence-corrected chi connectivity index (χ2v) is 6.15. The van der Waals surface area contributed by atoms with Crippen LogP contribution in [0.25, 0.3) is 0 Å². The molecule has 0 aliphatic carbocycles. The first-order valence-corrected chi connectivity index (χ1v) is 7.07. The molecule has 5 heterocycles. The van der Waals surface area contributed by atoms with Crippen molar-refractivity contribution in [2.75, 3.05) is 33.3 Å². The Morgan fingerprint density at radius 1 is 0.778 bits per heavy atom. The molecule has 2 unspecified atom stereocenters. The van der Waals surface area contributed by atoms with Gasteiger partial charge in [0.25, 0.3) is 0 Å². The minimum atomic E-state index is 0. The first-order valence-electron chi connectivity index (χ1n) is 7.07. The average Bonchev–Trinajstić information content (AvgIpc) is 2.66. The van der Waals surface area contributed by atoms with Crippen molar-refractivity contribution < 1.29 is 1.43 Å². The quantitative estimate of drug-likeness (QED) is 0.629. The summed E-state index contributed by atoms with van der Waals surface area (Å²) in [5.41, 5.74) is 0. The fraction of sp³-hybridized carbons (Fsp3) is 1.00. The van der Waals surface area contributed by atoms with Crippen molar-refractivity contribution >= 4 is 0 Å². The molecule has 2 atom stereocenters. The minimum Gasteiger partial charge on any atom is -0.300 e. The van der Waals surface area contributed by atoms with Gasteiger partial charge in [-0.1, -0.05) is 0 Å². The minimum absolute atomic E-state index is 0. The Hall–Kier alpha value is -0.240. The first-order chi connectivity index (χ1) is 8.60. The molecule has 18 heavy (non-hydrogen) atoms. The molecule has 5 fully saturated rings. The molecule has 0 spiro atoms. The summed E-state index contributed by atoms with van der Waals surface area (Å²) in [6.07, 6.45) is 1.73. The van der Waals surface area contributed by atoms with Crippen molar-refractivity contribution in [3.63, 3.8) is 0 Å². The van der Waals surface area contributed by atoms with E-state index in [1.54, 1.807) is 0 Å². The van der Waals surface area contributed by atoms with Crippen molar-refractivity contribution in [1.29, 1.82) is 0 Å². The van der Waals surface area contributed by atoms with Crippen LogP contribution in [0.5, 0.6) is 0 Å². The fourth-order valence-corrected chi connectivity index (χ4v) is 3.49. The number of rotatable bonds is 0. The molecule has 5 aliphatic rings. The third kappa shape index (κ3) is 2.68. The second kappa shape index (κ2) is 5.03. The zero-order valence-electron chi connectivity index (χ0n) is 11.8. The van der Waals surface area contributed by atoms with Crippen molar-refractivity contribution in [1.82, 2.24) is 30.5 Å². The molecule has 5 saturated heterocycles. The van der Waals surface area contributed by atoms with E-state index in [-0.39, 0.29) is 1.43 Å². The molecule has 5 rings (SSSR count). The molecule has 4 bridgehead atoms. The highest BCUT2D eigenvalue weighted by Crippen LogP contribution is 2.24. The smallest absolute Gasteiger partial charge is 0.0687 e. The highest BCUT2D eigenvalue weighted by atomic mass is 15.9. The third-order valence-electron chi connectivity index (χ3n) is 4.03. The molecule has 0 aromatic carbocycles. The van der Waals surface area contributed by atoms with Gasteiger partial charge in [0.05, 0.1) is 39.5 Å². The molecule has 106 valence electrons. The zero-order valence-corrected chi connectivity index (χ0v) is 11.8. The molecular formula is C12H28N6. The van der Waals surface area contributed by atoms with Crippen LogP contribution in [-0.4, -0.2) is 71.4 Å². The van der Waals surface area contributed by atoms with E-state index in [1.807, 2.05) is 0 Å². The maximum absolute atomic E-state index is 3.40. The van der Waals surface area contributed by atoms with Gasteiger partial charge in [0.15, 0.2) is 0 Å². The van der Waals surface area contributed by atoms with E-state index in [1.165, 1.54) is 13.1 Å². The number of hydrogen-bond acceptors (Lipinski definition) is 6. The predicted octanol–water partition coefficient (Wildman–Crippen LogP) is -0.124. The molecule has 6 nitrogen and oxygen atoms in total. The Balaban J connectivity index is 0.000000133. The van der Waals surface area contributed by atoms with Crippen molar-refractivity contribution in [3.8, 4) is 0 Å². The normalized spacial score (nSPS) is 53.2. The summed E-state index contributed by atoms with van der Waals surface area (Å²) in [4.78, 5) is 4.88. The monoisotopic (exact) mass is 256 g/mol. The highest BCUT2D eigenvalue weighted by molar-refractivity contribution is 4.80. The van der Waals surface area contributed by atoms with Crippen LogP contribution in [0.1, 0.15) is 28.6 Å². The van der Waals surface area contributed by atoms with Gasteiger partial charge in [-0.05, 0) is 27.2 Å². The Labute approximate surface area is 111 Å². The summed E-state index contributed by atoms with van der Waals surface area (Å²) in [5, 5.41) is 11.6. The van der Waals surface area contributed by atoms with Crippen LogP contribution in [-0.2, 0) is 0 Å². The van der Waals surface area contributed by atoms with Gasteiger partial charge < -0.3 is 0 Å². The molecule has 0 radical (unpaired) electrons. The molecule has 0 saturated carbocycles. The summed E-state index contributed by atoms with van der Waals surface area (Å²) >= 11 is 0. The van der Waals surface area contributed by atoms with Crippen molar-refractivity contribution in [2.24, 2.45) is 0 Å². The van der Waals surface area contributed by atoms with Gasteiger partial charge in [0.2, 0.25) is 0 Å². The lowest BCUT2D eigenvalue weighted by molar-refractivity contribution is 0.0730. The van der Waals surface area contributed by atoms with Crippen LogP contribution in [0, 0.1) is 0 Å². The Kier molecular flexibility index (Phi) is 3.57. The van der Waals surface area contributed by atoms with Gasteiger partial charge in [0, 0.05) is 13.5 Å². The average molecular weight is 256 g/mol. The molecule has 0 amide bonds. The van der Waals surface area contributed by atoms with E-state index in [9.17, 15) is 0 Å². The Bertz CT molecular complexity index is 245. The Morgan fingerprint density at radius 3 is 1.56 bits per heavy atom. The second-order valence-electron chi connectivity index (χ2n) is 6.15. The number of hydrazine groups is 1. The van der Waals surface area contributed by atoms with E-state index in [2.05, 4.69) is 51.2 Å². The predicted molar refractivity (Wildman–Crippen MR) is 73.1 cm³/mol. The molecule has 6 heteroatoms. The maximum Gasteiger partial charge on any atom is 0.0687 e. The first kappa shape index (κ1) is 12.8. The zero-order chi connectivity index (χ0) is 12.7. The molecule has 0 aromatic heterocycles. The van der Waals surface area contributed by atoms with Crippen LogP contribution in [0.3, 0.4) is 0 Å². The molecule has 0 aromatic rings. The Morgan fingerprint density at radius 2 is 1.22 bits per heavy atom. The van der Waals surface area contributed by atoms with E-state index in [0.29, 0.717) is 18.2 Å². The summed E-state index contributed by atoms with van der Waals surface area (Å²) in [7, 11) is 0. The van der Waals surface area contributed by atoms with Crippen molar-refractivity contribution in [2.45, 2.75) is 45.4 Å². The van der Waals surface area contributed by atoms with Crippen molar-refractivity contribution in [3.05, 3.63) is 0 Å². The maximum atomic E-state index is 3.40. The van der Waals surface area contributed by atoms with Gasteiger partial charge in [-0.25, -0.2) is 10.0 Å². The lowest BCUT2D eigenvalue weighted by Gasteiger charge is -2.32. The summed E-state index contributed by atoms with van der Waals surface area (Å²) in [5.74, 6) is 0. The summed E-state index contributed by atoms with van der Waals surface area (Å²) < 4.78 is 0. The van der Waals surface area contributed by atoms with Gasteiger partial charge in [-0.3, -0.25) is 20.4 Å². The molecular weight excluding hydrogens is 228 g/mol. The van der Waals surface area contributed by atoms with Gasteiger partial charge in [0.1, 0.15) is 0 Å². The highest BCUT2D eigenvalue weighted by Gasteiger charge is 2.41. The standard InChI is InChI=1S/C7H16N2.C5H10N4.H2/c1-5-4-6(2)9-7(3)8-5;1-6-2-8-4-7(1)5-9(8)3-6;/h5-9H,4H2,1-3H3;1-5H2;1H. The van der Waals surface area contributed by atoms with Crippen LogP contribution < -0.4 is 10.6 Å². The SMILES string of the molecule is C1N2CN3CN1CN3C2.CC1CC(C)NC(C)N1.[HH]. The molecule has 5 aliphatic heterocycles. The lowest BCUT2D eigenvalue weighted by atomic mass is 10.1. The van der Waals surface area contributed by atoms with Crippen LogP contribution in [0.2, 0.25) is 0 Å². The van der Waals surface area contributed by atoms with E-state index in [4.69, 9.17) is 0 Å². The van der Waals surface area contributed by atoms with E-state index < -0.39 is 0 Å². The van der Waals surface area contributed by atoms with Gasteiger partial charge in [-0.2, -0.15) is 0 Å². The van der Waals surface area contributed by atoms with Gasteiger partial charge in [-0.15, -0.1) is 0 Å². The van der Waals surface area contributed by atoms with E-state index >= 15 is 0 Å². The summed E-state index contributed by atoms with van der Waals surface area (Å²) in [6, 6.07) is 1.35. The number of nitrogens with one attached hydrogen (secondary N) is 2. The number of nitrogens with zero attached hydrogens (tertiary/aromatic N) is 4. The molecule has 2 N–H and O–H groups in total. The largest absolute Gasteiger partial charge is 0.300 e. The fourth-order valence-electron chi connectivity index (χ4n) is 3.49. The van der Waals surface area contributed by atoms with Crippen LogP contribution >= 0.6 is 0 Å². The topological polar surface area (TPSA) is 37.0 Å². The number of hydrogen-bond donors (Lipinski definition) is 2. The van der Waals surface area contributed by atoms with Crippen LogP contribution in [0.15, 0.2) is 0 Å². The van der Waals surface area contributed by atoms with E-state index in [0.717, 1.165) is 26.7 Å². The van der Waals surface area contributed by atoms with Gasteiger partial charge >= 0.3 is 0 Å². The van der Waals surface area contributed by atoms with Crippen LogP contribution in [0.4, 0.5) is 0 Å². The summed E-state index contributed by atoms with van der Waals surface area (Å²) in [6.45, 7) is 12.5.